The zero-order valence-corrected chi connectivity index (χ0v) is 18.2. The van der Waals surface area contributed by atoms with Crippen molar-refractivity contribution in [2.45, 2.75) is 49.6 Å². The number of alkyl carbamates (subject to hydrolysis) is 1. The highest BCUT2D eigenvalue weighted by Gasteiger charge is 2.66. The first-order valence-corrected chi connectivity index (χ1v) is 11.6. The van der Waals surface area contributed by atoms with E-state index in [1.54, 1.807) is 0 Å². The second-order valence-corrected chi connectivity index (χ2v) is 10.0. The van der Waals surface area contributed by atoms with E-state index in [4.69, 9.17) is 4.74 Å². The smallest absolute Gasteiger partial charge is 0.408 e. The molecule has 7 nitrogen and oxygen atoms in total. The van der Waals surface area contributed by atoms with Crippen LogP contribution in [0.15, 0.2) is 48.5 Å². The molecule has 3 atom stereocenters. The van der Waals surface area contributed by atoms with Crippen molar-refractivity contribution in [2.75, 3.05) is 6.61 Å². The van der Waals surface area contributed by atoms with E-state index in [1.165, 1.54) is 0 Å². The highest BCUT2D eigenvalue weighted by molar-refractivity contribution is 5.93. The van der Waals surface area contributed by atoms with Crippen LogP contribution < -0.4 is 10.6 Å². The van der Waals surface area contributed by atoms with Crippen LogP contribution >= 0.6 is 0 Å². The maximum atomic E-state index is 12.9. The number of ether oxygens (including phenoxy) is 1. The molecule has 2 aromatic rings. The molecule has 2 aromatic carbocycles. The van der Waals surface area contributed by atoms with Crippen LogP contribution in [0.25, 0.3) is 11.1 Å². The third-order valence-electron chi connectivity index (χ3n) is 8.04. The molecule has 6 rings (SSSR count). The average Bonchev–Trinajstić information content (AvgIpc) is 3.67. The van der Waals surface area contributed by atoms with Crippen LogP contribution in [0.3, 0.4) is 0 Å². The lowest BCUT2D eigenvalue weighted by molar-refractivity contribution is -0.143. The van der Waals surface area contributed by atoms with Gasteiger partial charge in [0, 0.05) is 12.0 Å². The molecule has 7 heteroatoms. The van der Waals surface area contributed by atoms with Gasteiger partial charge in [-0.05, 0) is 60.3 Å². The molecule has 2 amide bonds. The van der Waals surface area contributed by atoms with Crippen LogP contribution in [0.2, 0.25) is 0 Å². The molecule has 0 unspecified atom stereocenters. The van der Waals surface area contributed by atoms with Crippen LogP contribution in [0.5, 0.6) is 0 Å². The molecule has 4 aliphatic carbocycles. The van der Waals surface area contributed by atoms with Gasteiger partial charge in [0.15, 0.2) is 0 Å². The normalized spacial score (nSPS) is 27.6. The molecular formula is C26H26N2O5. The Hall–Kier alpha value is -3.35. The van der Waals surface area contributed by atoms with E-state index in [0.29, 0.717) is 32.1 Å². The van der Waals surface area contributed by atoms with Gasteiger partial charge in [-0.1, -0.05) is 48.5 Å². The van der Waals surface area contributed by atoms with Gasteiger partial charge in [-0.3, -0.25) is 9.59 Å². The Bertz CT molecular complexity index is 1130. The summed E-state index contributed by atoms with van der Waals surface area (Å²) in [5, 5.41) is 15.2. The maximum absolute atomic E-state index is 12.9. The summed E-state index contributed by atoms with van der Waals surface area (Å²) in [4.78, 5) is 37.0. The quantitative estimate of drug-likeness (QED) is 0.631. The number of hydrogen-bond acceptors (Lipinski definition) is 4. The number of carbonyl (C=O) groups excluding carboxylic acids is 2. The summed E-state index contributed by atoms with van der Waals surface area (Å²) in [5.74, 6) is -0.875. The fraction of sp³-hybridized carbons (Fsp3) is 0.423. The monoisotopic (exact) mass is 446 g/mol. The van der Waals surface area contributed by atoms with E-state index in [1.807, 2.05) is 24.3 Å². The van der Waals surface area contributed by atoms with Gasteiger partial charge in [-0.2, -0.15) is 0 Å². The minimum atomic E-state index is -0.939. The second-order valence-electron chi connectivity index (χ2n) is 10.0. The number of benzene rings is 2. The van der Waals surface area contributed by atoms with Crippen LogP contribution in [-0.4, -0.2) is 41.3 Å². The Labute approximate surface area is 191 Å². The standard InChI is InChI=1S/C26H26N2O5/c29-22(27-16-11-15-12-25(15,13-16)23(30)31)26(9-10-26)28-24(32)33-14-21-19-7-3-1-5-17(19)18-6-2-4-8-20(18)21/h1-8,15-16,21H,9-14H2,(H,27,29)(H,28,32)(H,30,31)/t15-,16+,25+/m0/s1. The van der Waals surface area contributed by atoms with Crippen LogP contribution in [0.4, 0.5) is 4.79 Å². The van der Waals surface area contributed by atoms with Crippen LogP contribution in [-0.2, 0) is 14.3 Å². The molecule has 0 heterocycles. The third kappa shape index (κ3) is 3.21. The Kier molecular flexibility index (Phi) is 4.34. The molecular weight excluding hydrogens is 420 g/mol. The van der Waals surface area contributed by atoms with Gasteiger partial charge < -0.3 is 20.5 Å². The molecule has 3 fully saturated rings. The molecule has 3 saturated carbocycles. The fourth-order valence-electron chi connectivity index (χ4n) is 5.95. The lowest BCUT2D eigenvalue weighted by atomic mass is 9.98. The Morgan fingerprint density at radius 2 is 1.61 bits per heavy atom. The van der Waals surface area contributed by atoms with E-state index in [9.17, 15) is 19.5 Å². The molecule has 0 aromatic heterocycles. The minimum Gasteiger partial charge on any atom is -0.481 e. The van der Waals surface area contributed by atoms with Crippen molar-refractivity contribution in [3.8, 4) is 11.1 Å². The van der Waals surface area contributed by atoms with Gasteiger partial charge in [-0.25, -0.2) is 4.79 Å². The summed E-state index contributed by atoms with van der Waals surface area (Å²) < 4.78 is 5.60. The van der Waals surface area contributed by atoms with Crippen LogP contribution in [0.1, 0.15) is 49.1 Å². The lowest BCUT2D eigenvalue weighted by Gasteiger charge is -2.22. The summed E-state index contributed by atoms with van der Waals surface area (Å²) in [6, 6.07) is 16.1. The first-order valence-electron chi connectivity index (χ1n) is 11.6. The Morgan fingerprint density at radius 1 is 0.970 bits per heavy atom. The largest absolute Gasteiger partial charge is 0.481 e. The van der Waals surface area contributed by atoms with Crippen molar-refractivity contribution in [3.63, 3.8) is 0 Å². The van der Waals surface area contributed by atoms with E-state index < -0.39 is 23.0 Å². The maximum Gasteiger partial charge on any atom is 0.408 e. The van der Waals surface area contributed by atoms with Gasteiger partial charge >= 0.3 is 12.1 Å². The Balaban J connectivity index is 1.07. The number of aliphatic carboxylic acids is 1. The number of fused-ring (bicyclic) bond motifs is 4. The van der Waals surface area contributed by atoms with E-state index >= 15 is 0 Å². The third-order valence-corrected chi connectivity index (χ3v) is 8.04. The fourth-order valence-corrected chi connectivity index (χ4v) is 5.95. The first-order chi connectivity index (χ1) is 15.9. The molecule has 0 aliphatic heterocycles. The molecule has 0 bridgehead atoms. The number of carbonyl (C=O) groups is 3. The number of carboxylic acid groups (broad SMARTS) is 1. The molecule has 0 radical (unpaired) electrons. The molecule has 170 valence electrons. The summed E-state index contributed by atoms with van der Waals surface area (Å²) in [6.07, 6.45) is 2.39. The predicted molar refractivity (Wildman–Crippen MR) is 120 cm³/mol. The average molecular weight is 447 g/mol. The minimum absolute atomic E-state index is 0.0375. The van der Waals surface area contributed by atoms with E-state index in [2.05, 4.69) is 34.9 Å². The van der Waals surface area contributed by atoms with Crippen molar-refractivity contribution in [2.24, 2.45) is 11.3 Å². The van der Waals surface area contributed by atoms with Gasteiger partial charge in [0.05, 0.1) is 5.41 Å². The molecule has 4 aliphatic rings. The number of hydrogen-bond donors (Lipinski definition) is 3. The summed E-state index contributed by atoms with van der Waals surface area (Å²) in [5.41, 5.74) is 3.01. The SMILES string of the molecule is O=C(NC1(C(=O)N[C@@H]2C[C@H]3C[C@@]3(C(=O)O)C2)CC1)OCC1c2ccccc2-c2ccccc21. The molecule has 0 spiro atoms. The Morgan fingerprint density at radius 3 is 2.18 bits per heavy atom. The van der Waals surface area contributed by atoms with Gasteiger partial charge in [-0.15, -0.1) is 0 Å². The van der Waals surface area contributed by atoms with Gasteiger partial charge in [0.2, 0.25) is 5.91 Å². The van der Waals surface area contributed by atoms with Gasteiger partial charge in [0.1, 0.15) is 12.1 Å². The summed E-state index contributed by atoms with van der Waals surface area (Å²) >= 11 is 0. The van der Waals surface area contributed by atoms with Crippen molar-refractivity contribution in [1.82, 2.24) is 10.6 Å². The highest BCUT2D eigenvalue weighted by Crippen LogP contribution is 2.63. The zero-order valence-electron chi connectivity index (χ0n) is 18.2. The number of nitrogens with one attached hydrogen (secondary N) is 2. The topological polar surface area (TPSA) is 105 Å². The van der Waals surface area contributed by atoms with Crippen molar-refractivity contribution < 1.29 is 24.2 Å². The van der Waals surface area contributed by atoms with Crippen molar-refractivity contribution in [3.05, 3.63) is 59.7 Å². The summed E-state index contributed by atoms with van der Waals surface area (Å²) in [7, 11) is 0. The number of amides is 2. The predicted octanol–water partition coefficient (Wildman–Crippen LogP) is 3.43. The van der Waals surface area contributed by atoms with E-state index in [-0.39, 0.29) is 30.4 Å². The summed E-state index contributed by atoms with van der Waals surface area (Å²) in [6.45, 7) is 0.197. The van der Waals surface area contributed by atoms with Crippen molar-refractivity contribution >= 4 is 18.0 Å². The second kappa shape index (κ2) is 7.07. The molecule has 33 heavy (non-hydrogen) atoms. The van der Waals surface area contributed by atoms with Crippen LogP contribution in [0, 0.1) is 11.3 Å². The highest BCUT2D eigenvalue weighted by atomic mass is 16.5. The lowest BCUT2D eigenvalue weighted by Crippen LogP contribution is -2.51. The van der Waals surface area contributed by atoms with E-state index in [0.717, 1.165) is 22.3 Å². The van der Waals surface area contributed by atoms with Gasteiger partial charge in [0.25, 0.3) is 0 Å². The number of carboxylic acids is 1. The molecule has 3 N–H and O–H groups in total. The molecule has 0 saturated heterocycles. The zero-order chi connectivity index (χ0) is 22.8. The van der Waals surface area contributed by atoms with Crippen molar-refractivity contribution in [1.29, 1.82) is 0 Å². The number of rotatable bonds is 6. The first kappa shape index (κ1) is 20.3.